The lowest BCUT2D eigenvalue weighted by atomic mass is 9.97. The van der Waals surface area contributed by atoms with Crippen LogP contribution in [0.15, 0.2) is 260 Å². The summed E-state index contributed by atoms with van der Waals surface area (Å²) in [6, 6.07) is 73.1. The van der Waals surface area contributed by atoms with Crippen LogP contribution >= 0.6 is 0 Å². The van der Waals surface area contributed by atoms with Crippen molar-refractivity contribution in [3.63, 3.8) is 0 Å². The van der Waals surface area contributed by atoms with E-state index in [4.69, 9.17) is 29.9 Å². The van der Waals surface area contributed by atoms with Crippen molar-refractivity contribution < 1.29 is 23.9 Å². The number of fused-ring (bicyclic) bond motifs is 4. The average Bonchev–Trinajstić information content (AvgIpc) is 1.66. The molecule has 0 spiro atoms. The van der Waals surface area contributed by atoms with Gasteiger partial charge in [-0.05, 0) is 118 Å². The molecule has 0 saturated carbocycles. The maximum atomic E-state index is 12.8. The molecule has 20 rings (SSSR count). The van der Waals surface area contributed by atoms with Gasteiger partial charge in [0.1, 0.15) is 46.9 Å². The van der Waals surface area contributed by atoms with E-state index in [9.17, 15) is 29.2 Å². The van der Waals surface area contributed by atoms with Crippen LogP contribution in [0.4, 0.5) is 23.3 Å². The molecule has 138 heavy (non-hydrogen) atoms. The maximum Gasteiger partial charge on any atom is 0.271 e. The van der Waals surface area contributed by atoms with Crippen LogP contribution in [-0.4, -0.2) is 109 Å². The Bertz CT molecular complexity index is 7290. The fourth-order valence-electron chi connectivity index (χ4n) is 17.2. The number of methoxy groups -OCH3 is 1. The summed E-state index contributed by atoms with van der Waals surface area (Å²) in [7, 11) is 5.31. The van der Waals surface area contributed by atoms with Gasteiger partial charge in [-0.2, -0.15) is 20.7 Å². The van der Waals surface area contributed by atoms with E-state index >= 15 is 0 Å². The van der Waals surface area contributed by atoms with E-state index < -0.39 is 0 Å². The molecule has 8 aromatic carbocycles. The summed E-state index contributed by atoms with van der Waals surface area (Å²) in [5.41, 5.74) is 21.0. The van der Waals surface area contributed by atoms with Crippen LogP contribution in [0.1, 0.15) is 193 Å². The smallest absolute Gasteiger partial charge is 0.271 e. The molecule has 0 N–H and O–H groups in total. The summed E-state index contributed by atoms with van der Waals surface area (Å²) >= 11 is 0. The zero-order valence-corrected chi connectivity index (χ0v) is 76.5. The number of carbonyl (C=O) groups is 4. The standard InChI is InChI=1S/2C27H24N6O.2C26H25N5O2.4CH4/c1-17(2)22-6-4-5-7-23(22)25-29-14-20-12-24(34)33(27(20)31-25)15-18-8-10-19(11-9-18)26-30-21(13-28)16-32(26)3;1-17(2)23-6-4-5-7-24(23)26-29-15-20-13-25(34)32(27(20)30-26)16-19-8-10-21(11-9-19)33-22(14-28)12-18(3)31-33;1-17(2)21-6-4-5-7-22(21)25-27-15-19-14-23(32)30(26(19)29-25)16-18-8-10-20(11-9-18)31-24(33-3)12-13-28-31;1-17(2)21-6-4-5-7-22(21)25-27-15-19-14-24(33)30(26(19)28-25)16-18-8-10-20(11-9-18)31-23(32)12-13-29(31)3;;;;/h4-11,14,16-17H,12,15H2,1-3H3;4-12,15,17H,13,16H2,1-3H3;2*4-13,15,17H,14,16H2,1-3H3;4*1H4. The number of aryl methyl sites for hydroxylation is 3. The topological polar surface area (TPSA) is 322 Å². The highest BCUT2D eigenvalue weighted by atomic mass is 16.5. The predicted molar refractivity (Wildman–Crippen MR) is 540 cm³/mol. The Kier molecular flexibility index (Phi) is 30.6. The van der Waals surface area contributed by atoms with Crippen molar-refractivity contribution in [3.8, 4) is 92.0 Å². The van der Waals surface area contributed by atoms with Gasteiger partial charge >= 0.3 is 0 Å². The summed E-state index contributed by atoms with van der Waals surface area (Å²) in [5.74, 6) is 8.12. The number of amides is 4. The number of hydrogen-bond acceptors (Lipinski definition) is 19. The predicted octanol–water partition coefficient (Wildman–Crippen LogP) is 20.3. The number of anilines is 4. The van der Waals surface area contributed by atoms with Gasteiger partial charge in [0, 0.05) is 113 Å². The third-order valence-electron chi connectivity index (χ3n) is 24.1. The molecule has 28 heteroatoms. The molecule has 28 nitrogen and oxygen atoms in total. The SMILES string of the molecule is C.C.C.C.CC(C)c1ccccc1-c1ncc2c(n1)N(Cc1ccc(-c3nc(C#N)cn3C)cc1)C(=O)C2.CC(C)c1ccccc1-c1ncc2c(n1)N(Cc1ccc(-n3c(=O)ccn3C)cc1)C(=O)C2.COc1ccnn1-c1ccc(CN2C(=O)Cc3cnc(-c4ccccc4C(C)C)nc32)cc1.Cc1cc(C#N)n(-c2ccc(CN3C(=O)Cc4cnc(-c5ccccc5C(C)C)nc43)cc2)n1. The van der Waals surface area contributed by atoms with Crippen LogP contribution in [0.3, 0.4) is 0 Å². The van der Waals surface area contributed by atoms with Crippen LogP contribution in [0.25, 0.3) is 74.0 Å². The Balaban J connectivity index is 0.000000154. The first-order valence-electron chi connectivity index (χ1n) is 44.5. The minimum atomic E-state index is -0.0835. The number of nitriles is 2. The number of hydrogen-bond donors (Lipinski definition) is 0. The van der Waals surface area contributed by atoms with Crippen LogP contribution < -0.4 is 29.9 Å². The van der Waals surface area contributed by atoms with E-state index in [0.29, 0.717) is 139 Å². The summed E-state index contributed by atoms with van der Waals surface area (Å²) in [6.07, 6.45) is 13.5. The van der Waals surface area contributed by atoms with Gasteiger partial charge in [-0.1, -0.05) is 243 Å². The molecule has 8 aromatic heterocycles. The lowest BCUT2D eigenvalue weighted by Gasteiger charge is -2.18. The van der Waals surface area contributed by atoms with Gasteiger partial charge in [-0.25, -0.2) is 58.9 Å². The van der Waals surface area contributed by atoms with Gasteiger partial charge in [0.15, 0.2) is 29.0 Å². The van der Waals surface area contributed by atoms with Gasteiger partial charge < -0.3 is 9.30 Å². The molecule has 0 fully saturated rings. The Labute approximate surface area is 805 Å². The van der Waals surface area contributed by atoms with Crippen LogP contribution in [-0.2, 0) is 85.1 Å². The number of nitrogens with zero attached hydrogens (tertiary/aromatic N) is 22. The molecule has 16 aromatic rings. The molecule has 0 unspecified atom stereocenters. The van der Waals surface area contributed by atoms with Gasteiger partial charge in [-0.3, -0.25) is 48.3 Å². The largest absolute Gasteiger partial charge is 0.481 e. The summed E-state index contributed by atoms with van der Waals surface area (Å²) < 4.78 is 13.9. The maximum absolute atomic E-state index is 12.8. The average molecular weight is 1840 g/mol. The van der Waals surface area contributed by atoms with Crippen molar-refractivity contribution in [2.45, 2.75) is 168 Å². The zero-order chi connectivity index (χ0) is 93.7. The fraction of sp³-hybridized carbons (Fsp3) is 0.255. The highest BCUT2D eigenvalue weighted by Crippen LogP contribution is 2.40. The van der Waals surface area contributed by atoms with E-state index in [-0.39, 0.29) is 58.9 Å². The molecule has 0 radical (unpaired) electrons. The Hall–Kier alpha value is -16.6. The van der Waals surface area contributed by atoms with Gasteiger partial charge in [-0.15, -0.1) is 0 Å². The fourth-order valence-corrected chi connectivity index (χ4v) is 17.2. The van der Waals surface area contributed by atoms with Crippen molar-refractivity contribution >= 4 is 46.9 Å². The minimum Gasteiger partial charge on any atom is -0.481 e. The third-order valence-corrected chi connectivity index (χ3v) is 24.1. The molecule has 4 amide bonds. The van der Waals surface area contributed by atoms with Gasteiger partial charge in [0.25, 0.3) is 5.56 Å². The molecule has 0 bridgehead atoms. The number of aromatic nitrogens is 16. The van der Waals surface area contributed by atoms with E-state index in [1.54, 1.807) is 94.9 Å². The monoisotopic (exact) mass is 1840 g/mol. The molecular weight excluding hydrogens is 1730 g/mol. The second-order valence-electron chi connectivity index (χ2n) is 34.7. The highest BCUT2D eigenvalue weighted by Gasteiger charge is 2.36. The summed E-state index contributed by atoms with van der Waals surface area (Å²) in [6.45, 7) is 20.8. The van der Waals surface area contributed by atoms with Gasteiger partial charge in [0.05, 0.1) is 87.9 Å². The van der Waals surface area contributed by atoms with Crippen molar-refractivity contribution in [1.82, 2.24) is 78.3 Å². The third kappa shape index (κ3) is 20.7. The Morgan fingerprint density at radius 1 is 0.399 bits per heavy atom. The second-order valence-corrected chi connectivity index (χ2v) is 34.7. The minimum absolute atomic E-state index is 0. The molecular formula is C110H114N22O6. The van der Waals surface area contributed by atoms with E-state index in [0.717, 1.165) is 101 Å². The van der Waals surface area contributed by atoms with E-state index in [2.05, 4.69) is 127 Å². The summed E-state index contributed by atoms with van der Waals surface area (Å²) in [4.78, 5) is 112. The van der Waals surface area contributed by atoms with Gasteiger partial charge in [0.2, 0.25) is 29.5 Å². The lowest BCUT2D eigenvalue weighted by molar-refractivity contribution is -0.118. The molecule has 4 aliphatic heterocycles. The van der Waals surface area contributed by atoms with Crippen LogP contribution in [0.2, 0.25) is 0 Å². The number of ether oxygens (including phenoxy) is 1. The number of carbonyl (C=O) groups excluding carboxylic acids is 4. The number of rotatable bonds is 21. The first-order chi connectivity index (χ1) is 64.8. The molecule has 12 heterocycles. The Morgan fingerprint density at radius 2 is 0.732 bits per heavy atom. The summed E-state index contributed by atoms with van der Waals surface area (Å²) in [5, 5.41) is 27.1. The van der Waals surface area contributed by atoms with E-state index in [1.807, 2.05) is 202 Å². The molecule has 0 atom stereocenters. The van der Waals surface area contributed by atoms with E-state index in [1.165, 1.54) is 28.3 Å². The Morgan fingerprint density at radius 3 is 1.04 bits per heavy atom. The van der Waals surface area contributed by atoms with Crippen LogP contribution in [0, 0.1) is 29.6 Å². The number of imidazole rings is 1. The molecule has 700 valence electrons. The second kappa shape index (κ2) is 42.7. The zero-order valence-electron chi connectivity index (χ0n) is 76.5. The molecule has 4 aliphatic rings. The quantitative estimate of drug-likeness (QED) is 0.0645. The van der Waals surface area contributed by atoms with Crippen molar-refractivity contribution in [2.75, 3.05) is 26.7 Å². The normalized spacial score (nSPS) is 12.5. The lowest BCUT2D eigenvalue weighted by Crippen LogP contribution is -2.27. The molecule has 0 aliphatic carbocycles. The van der Waals surface area contributed by atoms with Crippen molar-refractivity contribution in [1.29, 1.82) is 10.5 Å². The highest BCUT2D eigenvalue weighted by molar-refractivity contribution is 6.03. The van der Waals surface area contributed by atoms with Crippen molar-refractivity contribution in [3.05, 3.63) is 350 Å². The first kappa shape index (κ1) is 98.9. The van der Waals surface area contributed by atoms with Crippen LogP contribution in [0.5, 0.6) is 5.88 Å². The number of benzene rings is 8. The first-order valence-corrected chi connectivity index (χ1v) is 44.5. The molecule has 0 saturated heterocycles. The van der Waals surface area contributed by atoms with Crippen molar-refractivity contribution in [2.24, 2.45) is 14.1 Å².